The molecule has 1 fully saturated rings. The summed E-state index contributed by atoms with van der Waals surface area (Å²) in [6.45, 7) is 8.51. The molecule has 2 aromatic heterocycles. The predicted molar refractivity (Wildman–Crippen MR) is 97.0 cm³/mol. The SMILES string of the molecule is CC(C)CN1CCC(CNC(=O)c2cnc(-c3cccnc3)nc2)C1. The summed E-state index contributed by atoms with van der Waals surface area (Å²) in [4.78, 5) is 27.4. The summed E-state index contributed by atoms with van der Waals surface area (Å²) in [7, 11) is 0. The lowest BCUT2D eigenvalue weighted by atomic mass is 10.1. The van der Waals surface area contributed by atoms with E-state index in [1.54, 1.807) is 24.8 Å². The Kier molecular flexibility index (Phi) is 5.71. The van der Waals surface area contributed by atoms with Crippen LogP contribution in [0.1, 0.15) is 30.6 Å². The molecule has 3 heterocycles. The molecule has 3 rings (SSSR count). The van der Waals surface area contributed by atoms with Gasteiger partial charge < -0.3 is 10.2 Å². The van der Waals surface area contributed by atoms with Crippen molar-refractivity contribution < 1.29 is 4.79 Å². The van der Waals surface area contributed by atoms with E-state index in [1.807, 2.05) is 12.1 Å². The Bertz CT molecular complexity index is 687. The lowest BCUT2D eigenvalue weighted by Gasteiger charge is -2.18. The number of hydrogen-bond donors (Lipinski definition) is 1. The number of nitrogens with zero attached hydrogens (tertiary/aromatic N) is 4. The second-order valence-electron chi connectivity index (χ2n) is 7.06. The summed E-state index contributed by atoms with van der Waals surface area (Å²) in [6, 6.07) is 3.73. The van der Waals surface area contributed by atoms with E-state index in [2.05, 4.69) is 39.0 Å². The molecule has 0 radical (unpaired) electrons. The van der Waals surface area contributed by atoms with Gasteiger partial charge in [0.25, 0.3) is 5.91 Å². The molecule has 2 aromatic rings. The Hall–Kier alpha value is -2.34. The first-order chi connectivity index (χ1) is 12.1. The van der Waals surface area contributed by atoms with Crippen LogP contribution in [0.25, 0.3) is 11.4 Å². The first-order valence-electron chi connectivity index (χ1n) is 8.85. The highest BCUT2D eigenvalue weighted by Gasteiger charge is 2.23. The Morgan fingerprint density at radius 1 is 1.32 bits per heavy atom. The molecule has 0 aromatic carbocycles. The Balaban J connectivity index is 1.50. The van der Waals surface area contributed by atoms with Crippen LogP contribution < -0.4 is 5.32 Å². The minimum Gasteiger partial charge on any atom is -0.352 e. The largest absolute Gasteiger partial charge is 0.352 e. The highest BCUT2D eigenvalue weighted by molar-refractivity contribution is 5.93. The fourth-order valence-electron chi connectivity index (χ4n) is 3.19. The van der Waals surface area contributed by atoms with Crippen molar-refractivity contribution in [2.24, 2.45) is 11.8 Å². The number of carbonyl (C=O) groups is 1. The van der Waals surface area contributed by atoms with Crippen LogP contribution in [-0.4, -0.2) is 51.9 Å². The molecule has 1 unspecified atom stereocenters. The second kappa shape index (κ2) is 8.16. The van der Waals surface area contributed by atoms with E-state index in [9.17, 15) is 4.79 Å². The molecule has 1 atom stereocenters. The van der Waals surface area contributed by atoms with Crippen molar-refractivity contribution >= 4 is 5.91 Å². The third-order valence-corrected chi connectivity index (χ3v) is 4.38. The Morgan fingerprint density at radius 3 is 2.80 bits per heavy atom. The van der Waals surface area contributed by atoms with Gasteiger partial charge in [0.15, 0.2) is 5.82 Å². The minimum absolute atomic E-state index is 0.111. The van der Waals surface area contributed by atoms with Crippen LogP contribution in [0.5, 0.6) is 0 Å². The quantitative estimate of drug-likeness (QED) is 0.874. The highest BCUT2D eigenvalue weighted by atomic mass is 16.1. The summed E-state index contributed by atoms with van der Waals surface area (Å²) >= 11 is 0. The third kappa shape index (κ3) is 4.82. The number of carbonyl (C=O) groups excluding carboxylic acids is 1. The van der Waals surface area contributed by atoms with Crippen molar-refractivity contribution in [1.29, 1.82) is 0 Å². The number of pyridine rings is 1. The van der Waals surface area contributed by atoms with Crippen molar-refractivity contribution in [2.45, 2.75) is 20.3 Å². The lowest BCUT2D eigenvalue weighted by Crippen LogP contribution is -2.32. The zero-order valence-electron chi connectivity index (χ0n) is 14.9. The van der Waals surface area contributed by atoms with Crippen molar-refractivity contribution in [1.82, 2.24) is 25.2 Å². The van der Waals surface area contributed by atoms with E-state index in [4.69, 9.17) is 0 Å². The van der Waals surface area contributed by atoms with Gasteiger partial charge in [-0.25, -0.2) is 9.97 Å². The molecule has 1 aliphatic heterocycles. The smallest absolute Gasteiger partial charge is 0.254 e. The number of nitrogens with one attached hydrogen (secondary N) is 1. The Morgan fingerprint density at radius 2 is 2.12 bits per heavy atom. The van der Waals surface area contributed by atoms with Crippen LogP contribution in [0.2, 0.25) is 0 Å². The van der Waals surface area contributed by atoms with Crippen LogP contribution >= 0.6 is 0 Å². The standard InChI is InChI=1S/C19H25N5O/c1-14(2)12-24-7-5-15(13-24)8-23-19(25)17-10-21-18(22-11-17)16-4-3-6-20-9-16/h3-4,6,9-11,14-15H,5,7-8,12-13H2,1-2H3,(H,23,25). The van der Waals surface area contributed by atoms with Gasteiger partial charge in [0.1, 0.15) is 0 Å². The van der Waals surface area contributed by atoms with Crippen LogP contribution in [0.4, 0.5) is 0 Å². The second-order valence-corrected chi connectivity index (χ2v) is 7.06. The predicted octanol–water partition coefficient (Wildman–Crippen LogP) is 2.25. The van der Waals surface area contributed by atoms with Gasteiger partial charge in [-0.05, 0) is 36.9 Å². The van der Waals surface area contributed by atoms with Gasteiger partial charge in [0, 0.05) is 50.0 Å². The van der Waals surface area contributed by atoms with Gasteiger partial charge in [-0.1, -0.05) is 13.8 Å². The molecule has 0 saturated carbocycles. The van der Waals surface area contributed by atoms with Crippen molar-refractivity contribution in [2.75, 3.05) is 26.2 Å². The topological polar surface area (TPSA) is 71.0 Å². The number of likely N-dealkylation sites (tertiary alicyclic amines) is 1. The lowest BCUT2D eigenvalue weighted by molar-refractivity contribution is 0.0946. The van der Waals surface area contributed by atoms with Crippen LogP contribution in [-0.2, 0) is 0 Å². The minimum atomic E-state index is -0.111. The zero-order valence-corrected chi connectivity index (χ0v) is 14.9. The fourth-order valence-corrected chi connectivity index (χ4v) is 3.19. The first-order valence-corrected chi connectivity index (χ1v) is 8.85. The number of rotatable bonds is 6. The normalized spacial score (nSPS) is 17.8. The van der Waals surface area contributed by atoms with Gasteiger partial charge in [-0.15, -0.1) is 0 Å². The van der Waals surface area contributed by atoms with Gasteiger partial charge in [0.2, 0.25) is 0 Å². The molecule has 6 nitrogen and oxygen atoms in total. The highest BCUT2D eigenvalue weighted by Crippen LogP contribution is 2.17. The molecule has 132 valence electrons. The maximum Gasteiger partial charge on any atom is 0.254 e. The van der Waals surface area contributed by atoms with Crippen LogP contribution in [0.15, 0.2) is 36.9 Å². The summed E-state index contributed by atoms with van der Waals surface area (Å²) in [5.74, 6) is 1.67. The molecule has 0 spiro atoms. The molecular formula is C19H25N5O. The van der Waals surface area contributed by atoms with E-state index in [0.29, 0.717) is 29.8 Å². The molecule has 0 aliphatic carbocycles. The summed E-state index contributed by atoms with van der Waals surface area (Å²) in [6.07, 6.45) is 7.70. The molecule has 25 heavy (non-hydrogen) atoms. The van der Waals surface area contributed by atoms with Gasteiger partial charge >= 0.3 is 0 Å². The first kappa shape index (κ1) is 17.5. The Labute approximate surface area is 148 Å². The van der Waals surface area contributed by atoms with E-state index in [1.165, 1.54) is 0 Å². The van der Waals surface area contributed by atoms with Gasteiger partial charge in [-0.2, -0.15) is 0 Å². The third-order valence-electron chi connectivity index (χ3n) is 4.38. The van der Waals surface area contributed by atoms with Crippen molar-refractivity contribution in [3.05, 3.63) is 42.5 Å². The molecule has 1 aliphatic rings. The molecular weight excluding hydrogens is 314 g/mol. The molecule has 0 bridgehead atoms. The van der Waals surface area contributed by atoms with E-state index < -0.39 is 0 Å². The average molecular weight is 339 g/mol. The monoisotopic (exact) mass is 339 g/mol. The summed E-state index contributed by atoms with van der Waals surface area (Å²) in [5, 5.41) is 3.02. The fraction of sp³-hybridized carbons (Fsp3) is 0.474. The number of amides is 1. The summed E-state index contributed by atoms with van der Waals surface area (Å²) in [5.41, 5.74) is 1.33. The van der Waals surface area contributed by atoms with E-state index in [0.717, 1.165) is 31.6 Å². The van der Waals surface area contributed by atoms with Gasteiger partial charge in [0.05, 0.1) is 5.56 Å². The average Bonchev–Trinajstić information content (AvgIpc) is 3.07. The van der Waals surface area contributed by atoms with Crippen LogP contribution in [0, 0.1) is 11.8 Å². The number of hydrogen-bond acceptors (Lipinski definition) is 5. The van der Waals surface area contributed by atoms with Crippen molar-refractivity contribution in [3.8, 4) is 11.4 Å². The maximum absolute atomic E-state index is 12.3. The van der Waals surface area contributed by atoms with Gasteiger partial charge in [-0.3, -0.25) is 9.78 Å². The van der Waals surface area contributed by atoms with Crippen LogP contribution in [0.3, 0.4) is 0 Å². The number of aromatic nitrogens is 3. The van der Waals surface area contributed by atoms with E-state index >= 15 is 0 Å². The molecule has 1 amide bonds. The summed E-state index contributed by atoms with van der Waals surface area (Å²) < 4.78 is 0. The maximum atomic E-state index is 12.3. The van der Waals surface area contributed by atoms with Crippen molar-refractivity contribution in [3.63, 3.8) is 0 Å². The molecule has 1 saturated heterocycles. The van der Waals surface area contributed by atoms with E-state index in [-0.39, 0.29) is 5.91 Å². The zero-order chi connectivity index (χ0) is 17.6. The molecule has 1 N–H and O–H groups in total. The molecule has 6 heteroatoms.